The maximum absolute atomic E-state index is 4.82. The second-order valence-corrected chi connectivity index (χ2v) is 7.34. The van der Waals surface area contributed by atoms with E-state index in [2.05, 4.69) is 56.8 Å². The fourth-order valence-corrected chi connectivity index (χ4v) is 3.63. The van der Waals surface area contributed by atoms with Crippen LogP contribution >= 0.6 is 11.3 Å². The Morgan fingerprint density at radius 3 is 2.83 bits per heavy atom. The number of aromatic nitrogens is 3. The predicted octanol–water partition coefficient (Wildman–Crippen LogP) is 2.28. The van der Waals surface area contributed by atoms with Crippen molar-refractivity contribution >= 4 is 22.8 Å². The van der Waals surface area contributed by atoms with Crippen molar-refractivity contribution in [2.24, 2.45) is 0 Å². The lowest BCUT2D eigenvalue weighted by atomic mass is 10.1. The zero-order chi connectivity index (χ0) is 17.1. The molecule has 3 aromatic heterocycles. The molecular weight excluding hydrogens is 318 g/mol. The number of aryl methyl sites for hydroxylation is 1. The molecule has 0 aliphatic rings. The molecule has 0 atom stereocenters. The third-order valence-corrected chi connectivity index (χ3v) is 5.07. The van der Waals surface area contributed by atoms with E-state index in [0.717, 1.165) is 48.8 Å². The number of rotatable bonds is 7. The first-order valence-electron chi connectivity index (χ1n) is 8.56. The van der Waals surface area contributed by atoms with Crippen LogP contribution in [-0.2, 0) is 6.42 Å². The molecule has 0 amide bonds. The number of fused-ring (bicyclic) bond motifs is 1. The van der Waals surface area contributed by atoms with Crippen molar-refractivity contribution in [1.29, 1.82) is 0 Å². The molecule has 24 heavy (non-hydrogen) atoms. The van der Waals surface area contributed by atoms with Gasteiger partial charge in [0.1, 0.15) is 11.5 Å². The molecule has 5 nitrogen and oxygen atoms in total. The van der Waals surface area contributed by atoms with Crippen molar-refractivity contribution in [3.8, 4) is 10.6 Å². The summed E-state index contributed by atoms with van der Waals surface area (Å²) in [4.78, 5) is 7.41. The summed E-state index contributed by atoms with van der Waals surface area (Å²) in [5.41, 5.74) is 4.24. The van der Waals surface area contributed by atoms with Crippen LogP contribution in [0.4, 0.5) is 5.82 Å². The van der Waals surface area contributed by atoms with Gasteiger partial charge in [-0.1, -0.05) is 13.0 Å². The zero-order valence-corrected chi connectivity index (χ0v) is 15.7. The lowest BCUT2D eigenvalue weighted by molar-refractivity contribution is -0.858. The highest BCUT2D eigenvalue weighted by atomic mass is 32.1. The molecule has 0 aliphatic carbocycles. The molecule has 3 aromatic rings. The number of hydrogen-bond acceptors (Lipinski definition) is 4. The summed E-state index contributed by atoms with van der Waals surface area (Å²) in [7, 11) is 4.38. The van der Waals surface area contributed by atoms with E-state index in [1.807, 2.05) is 4.52 Å². The van der Waals surface area contributed by atoms with Gasteiger partial charge in [-0.25, -0.2) is 4.98 Å². The molecule has 128 valence electrons. The van der Waals surface area contributed by atoms with Crippen molar-refractivity contribution in [2.45, 2.75) is 26.7 Å². The SMILES string of the molecule is CCc1c(C)nc2cc(-c3cccs3)nn2c1NCCC[NH+](C)C. The van der Waals surface area contributed by atoms with Crippen LogP contribution in [0.25, 0.3) is 16.2 Å². The molecule has 0 aliphatic heterocycles. The molecule has 2 N–H and O–H groups in total. The topological polar surface area (TPSA) is 46.7 Å². The summed E-state index contributed by atoms with van der Waals surface area (Å²) in [5, 5.41) is 10.5. The molecule has 0 radical (unpaired) electrons. The van der Waals surface area contributed by atoms with Gasteiger partial charge in [-0.3, -0.25) is 0 Å². The minimum atomic E-state index is 0.911. The molecule has 3 rings (SSSR count). The Labute approximate surface area is 147 Å². The van der Waals surface area contributed by atoms with Gasteiger partial charge >= 0.3 is 0 Å². The van der Waals surface area contributed by atoms with Crippen LogP contribution in [0, 0.1) is 6.92 Å². The van der Waals surface area contributed by atoms with E-state index in [1.165, 1.54) is 15.3 Å². The van der Waals surface area contributed by atoms with Gasteiger partial charge in [0, 0.05) is 30.3 Å². The summed E-state index contributed by atoms with van der Waals surface area (Å²) in [6, 6.07) is 6.24. The Morgan fingerprint density at radius 1 is 1.33 bits per heavy atom. The first-order chi connectivity index (χ1) is 11.6. The highest BCUT2D eigenvalue weighted by Gasteiger charge is 2.15. The molecule has 3 heterocycles. The Bertz CT molecular complexity index is 805. The number of hydrogen-bond donors (Lipinski definition) is 2. The Hall–Kier alpha value is -1.92. The van der Waals surface area contributed by atoms with E-state index >= 15 is 0 Å². The zero-order valence-electron chi connectivity index (χ0n) is 14.9. The molecule has 0 aromatic carbocycles. The minimum absolute atomic E-state index is 0.911. The van der Waals surface area contributed by atoms with E-state index < -0.39 is 0 Å². The third kappa shape index (κ3) is 3.44. The second kappa shape index (κ2) is 7.32. The fraction of sp³-hybridized carbons (Fsp3) is 0.444. The lowest BCUT2D eigenvalue weighted by Crippen LogP contribution is -3.05. The average molecular weight is 345 g/mol. The highest BCUT2D eigenvalue weighted by molar-refractivity contribution is 7.13. The third-order valence-electron chi connectivity index (χ3n) is 4.18. The maximum Gasteiger partial charge on any atom is 0.158 e. The van der Waals surface area contributed by atoms with Gasteiger partial charge in [0.15, 0.2) is 5.65 Å². The predicted molar refractivity (Wildman–Crippen MR) is 101 cm³/mol. The number of quaternary nitrogens is 1. The highest BCUT2D eigenvalue weighted by Crippen LogP contribution is 2.27. The molecular formula is C18H26N5S+. The molecule has 0 saturated carbocycles. The molecule has 0 unspecified atom stereocenters. The lowest BCUT2D eigenvalue weighted by Gasteiger charge is -2.15. The number of nitrogens with zero attached hydrogens (tertiary/aromatic N) is 3. The number of anilines is 1. The molecule has 0 bridgehead atoms. The van der Waals surface area contributed by atoms with E-state index in [9.17, 15) is 0 Å². The Kier molecular flexibility index (Phi) is 5.16. The molecule has 0 fully saturated rings. The van der Waals surface area contributed by atoms with E-state index in [0.29, 0.717) is 0 Å². The standard InChI is InChI=1S/C18H25N5S/c1-5-14-13(2)20-17-12-15(16-8-6-11-24-16)21-23(17)18(14)19-9-7-10-22(3)4/h6,8,11-12,19H,5,7,9-10H2,1-4H3/p+1. The van der Waals surface area contributed by atoms with Gasteiger partial charge in [-0.15, -0.1) is 11.3 Å². The van der Waals surface area contributed by atoms with Crippen molar-refractivity contribution < 1.29 is 4.90 Å². The van der Waals surface area contributed by atoms with Gasteiger partial charge < -0.3 is 10.2 Å². The normalized spacial score (nSPS) is 11.5. The van der Waals surface area contributed by atoms with Crippen LogP contribution in [0.15, 0.2) is 23.6 Å². The van der Waals surface area contributed by atoms with E-state index in [-0.39, 0.29) is 0 Å². The van der Waals surface area contributed by atoms with Crippen LogP contribution in [-0.4, -0.2) is 41.8 Å². The van der Waals surface area contributed by atoms with Crippen LogP contribution in [0.3, 0.4) is 0 Å². The van der Waals surface area contributed by atoms with Crippen molar-refractivity contribution in [2.75, 3.05) is 32.5 Å². The summed E-state index contributed by atoms with van der Waals surface area (Å²) in [5.74, 6) is 1.09. The van der Waals surface area contributed by atoms with Crippen molar-refractivity contribution in [3.63, 3.8) is 0 Å². The van der Waals surface area contributed by atoms with Crippen molar-refractivity contribution in [1.82, 2.24) is 14.6 Å². The summed E-state index contributed by atoms with van der Waals surface area (Å²) < 4.78 is 1.98. The summed E-state index contributed by atoms with van der Waals surface area (Å²) in [6.45, 7) is 6.37. The van der Waals surface area contributed by atoms with Gasteiger partial charge in [0.05, 0.1) is 25.5 Å². The monoisotopic (exact) mass is 344 g/mol. The average Bonchev–Trinajstić information content (AvgIpc) is 3.19. The molecule has 6 heteroatoms. The Balaban J connectivity index is 1.97. The second-order valence-electron chi connectivity index (χ2n) is 6.39. The smallest absolute Gasteiger partial charge is 0.158 e. The number of nitrogens with one attached hydrogen (secondary N) is 2. The minimum Gasteiger partial charge on any atom is -0.369 e. The Morgan fingerprint density at radius 2 is 2.17 bits per heavy atom. The van der Waals surface area contributed by atoms with Gasteiger partial charge in [0.25, 0.3) is 0 Å². The van der Waals surface area contributed by atoms with Crippen LogP contribution < -0.4 is 10.2 Å². The van der Waals surface area contributed by atoms with Gasteiger partial charge in [-0.2, -0.15) is 9.61 Å². The quantitative estimate of drug-likeness (QED) is 0.647. The molecule has 0 spiro atoms. The largest absolute Gasteiger partial charge is 0.369 e. The van der Waals surface area contributed by atoms with Crippen LogP contribution in [0.2, 0.25) is 0 Å². The molecule has 0 saturated heterocycles. The number of thiophene rings is 1. The van der Waals surface area contributed by atoms with Crippen LogP contribution in [0.1, 0.15) is 24.6 Å². The van der Waals surface area contributed by atoms with Gasteiger partial charge in [0.2, 0.25) is 0 Å². The summed E-state index contributed by atoms with van der Waals surface area (Å²) in [6.07, 6.45) is 2.08. The van der Waals surface area contributed by atoms with E-state index in [1.54, 1.807) is 11.3 Å². The first-order valence-corrected chi connectivity index (χ1v) is 9.44. The van der Waals surface area contributed by atoms with Crippen LogP contribution in [0.5, 0.6) is 0 Å². The maximum atomic E-state index is 4.82. The first kappa shape index (κ1) is 16.9. The van der Waals surface area contributed by atoms with Crippen molar-refractivity contribution in [3.05, 3.63) is 34.8 Å². The fourth-order valence-electron chi connectivity index (χ4n) is 2.95. The van der Waals surface area contributed by atoms with Gasteiger partial charge in [-0.05, 0) is 24.8 Å². The van der Waals surface area contributed by atoms with E-state index in [4.69, 9.17) is 10.1 Å². The summed E-state index contributed by atoms with van der Waals surface area (Å²) >= 11 is 1.71.